The molecule has 0 amide bonds. The number of fused-ring (bicyclic) bond motifs is 1. The molecule has 6 heteroatoms. The smallest absolute Gasteiger partial charge is 0.196 e. The van der Waals surface area contributed by atoms with Gasteiger partial charge in [-0.3, -0.25) is 9.48 Å². The van der Waals surface area contributed by atoms with E-state index in [0.29, 0.717) is 22.3 Å². The van der Waals surface area contributed by atoms with Gasteiger partial charge in [0.1, 0.15) is 11.3 Å². The molecule has 2 N–H and O–H groups in total. The molecule has 4 rings (SSSR count). The molecule has 2 aromatic heterocycles. The molecule has 1 unspecified atom stereocenters. The van der Waals surface area contributed by atoms with Gasteiger partial charge in [0.05, 0.1) is 36.9 Å². The Morgan fingerprint density at radius 3 is 2.70 bits per heavy atom. The Morgan fingerprint density at radius 1 is 1.33 bits per heavy atom. The highest BCUT2D eigenvalue weighted by molar-refractivity contribution is 5.84. The Kier molecular flexibility index (Phi) is 4.20. The maximum atomic E-state index is 13.0. The van der Waals surface area contributed by atoms with E-state index in [1.54, 1.807) is 13.1 Å². The van der Waals surface area contributed by atoms with Gasteiger partial charge in [-0.25, -0.2) is 0 Å². The van der Waals surface area contributed by atoms with Gasteiger partial charge in [-0.05, 0) is 32.4 Å². The minimum Gasteiger partial charge on any atom is -0.455 e. The van der Waals surface area contributed by atoms with E-state index in [-0.39, 0.29) is 16.9 Å². The van der Waals surface area contributed by atoms with Gasteiger partial charge in [-0.2, -0.15) is 5.10 Å². The van der Waals surface area contributed by atoms with Crippen LogP contribution in [0.25, 0.3) is 22.3 Å². The van der Waals surface area contributed by atoms with Crippen molar-refractivity contribution in [3.63, 3.8) is 0 Å². The van der Waals surface area contributed by atoms with Gasteiger partial charge in [-0.1, -0.05) is 13.0 Å². The van der Waals surface area contributed by atoms with Crippen LogP contribution in [0.4, 0.5) is 0 Å². The largest absolute Gasteiger partial charge is 0.455 e. The number of ether oxygens (including phenoxy) is 1. The number of hydrogen-bond acceptors (Lipinski definition) is 5. The van der Waals surface area contributed by atoms with Crippen LogP contribution in [0.1, 0.15) is 36.6 Å². The number of aromatic nitrogens is 2. The molecular weight excluding hydrogens is 342 g/mol. The summed E-state index contributed by atoms with van der Waals surface area (Å²) < 4.78 is 13.4. The fourth-order valence-corrected chi connectivity index (χ4v) is 3.68. The Labute approximate surface area is 157 Å². The van der Waals surface area contributed by atoms with Gasteiger partial charge in [0, 0.05) is 28.8 Å². The molecule has 0 bridgehead atoms. The third-order valence-corrected chi connectivity index (χ3v) is 5.22. The molecule has 1 atom stereocenters. The van der Waals surface area contributed by atoms with Crippen molar-refractivity contribution >= 4 is 11.0 Å². The topological polar surface area (TPSA) is 83.3 Å². The number of rotatable bonds is 4. The molecule has 3 aromatic rings. The van der Waals surface area contributed by atoms with Crippen LogP contribution in [0.15, 0.2) is 33.7 Å². The quantitative estimate of drug-likeness (QED) is 0.765. The normalized spacial score (nSPS) is 17.1. The number of nitrogens with zero attached hydrogens (tertiary/aromatic N) is 2. The number of aryl methyl sites for hydroxylation is 1. The summed E-state index contributed by atoms with van der Waals surface area (Å²) in [4.78, 5) is 13.0. The molecule has 0 aliphatic carbocycles. The van der Waals surface area contributed by atoms with Crippen LogP contribution in [0.2, 0.25) is 0 Å². The average Bonchev–Trinajstić information content (AvgIpc) is 3.04. The number of benzene rings is 1. The van der Waals surface area contributed by atoms with Gasteiger partial charge >= 0.3 is 0 Å². The summed E-state index contributed by atoms with van der Waals surface area (Å²) in [5.74, 6) is 0.555. The molecule has 1 aromatic carbocycles. The summed E-state index contributed by atoms with van der Waals surface area (Å²) in [7, 11) is 0. The first-order valence-corrected chi connectivity index (χ1v) is 9.21. The van der Waals surface area contributed by atoms with E-state index in [4.69, 9.17) is 14.9 Å². The molecule has 6 nitrogen and oxygen atoms in total. The molecule has 1 aliphatic rings. The number of hydrogen-bond donors (Lipinski definition) is 1. The Hall–Kier alpha value is -2.44. The van der Waals surface area contributed by atoms with E-state index in [1.807, 2.05) is 36.9 Å². The van der Waals surface area contributed by atoms with Crippen LogP contribution in [0, 0.1) is 19.3 Å². The van der Waals surface area contributed by atoms with E-state index < -0.39 is 0 Å². The third kappa shape index (κ3) is 3.09. The SMILES string of the molecule is Cc1cc(C(C)N)c2oc(-c3cnn(CC4(C)COC4)c3)c(C)c(=O)c2c1. The van der Waals surface area contributed by atoms with Crippen molar-refractivity contribution in [2.24, 2.45) is 11.1 Å². The summed E-state index contributed by atoms with van der Waals surface area (Å²) in [6.07, 6.45) is 3.68. The lowest BCUT2D eigenvalue weighted by Gasteiger charge is -2.37. The zero-order valence-corrected chi connectivity index (χ0v) is 16.2. The maximum Gasteiger partial charge on any atom is 0.196 e. The van der Waals surface area contributed by atoms with Gasteiger partial charge in [0.2, 0.25) is 0 Å². The average molecular weight is 367 g/mol. The van der Waals surface area contributed by atoms with Crippen LogP contribution in [-0.4, -0.2) is 23.0 Å². The van der Waals surface area contributed by atoms with Crippen molar-refractivity contribution in [1.29, 1.82) is 0 Å². The van der Waals surface area contributed by atoms with E-state index in [9.17, 15) is 4.79 Å². The second-order valence-electron chi connectivity index (χ2n) is 8.13. The summed E-state index contributed by atoms with van der Waals surface area (Å²) in [6.45, 7) is 10.1. The van der Waals surface area contributed by atoms with Crippen LogP contribution in [0.3, 0.4) is 0 Å². The number of nitrogens with two attached hydrogens (primary N) is 1. The van der Waals surface area contributed by atoms with Crippen LogP contribution in [-0.2, 0) is 11.3 Å². The molecule has 1 saturated heterocycles. The first-order valence-electron chi connectivity index (χ1n) is 9.21. The highest BCUT2D eigenvalue weighted by Gasteiger charge is 2.34. The molecule has 3 heterocycles. The van der Waals surface area contributed by atoms with E-state index in [1.165, 1.54) is 0 Å². The first kappa shape index (κ1) is 17.9. The summed E-state index contributed by atoms with van der Waals surface area (Å²) in [5, 5.41) is 5.04. The van der Waals surface area contributed by atoms with Gasteiger partial charge in [0.15, 0.2) is 5.43 Å². The lowest BCUT2D eigenvalue weighted by Crippen LogP contribution is -2.43. The molecule has 0 saturated carbocycles. The van der Waals surface area contributed by atoms with E-state index >= 15 is 0 Å². The Morgan fingerprint density at radius 2 is 2.07 bits per heavy atom. The molecule has 0 spiro atoms. The zero-order chi connectivity index (χ0) is 19.3. The molecule has 1 fully saturated rings. The predicted molar refractivity (Wildman–Crippen MR) is 105 cm³/mol. The fourth-order valence-electron chi connectivity index (χ4n) is 3.68. The van der Waals surface area contributed by atoms with Gasteiger partial charge in [0.25, 0.3) is 0 Å². The summed E-state index contributed by atoms with van der Waals surface area (Å²) in [6, 6.07) is 3.62. The summed E-state index contributed by atoms with van der Waals surface area (Å²) in [5.41, 5.74) is 10.0. The second-order valence-corrected chi connectivity index (χ2v) is 8.13. The van der Waals surface area contributed by atoms with Crippen molar-refractivity contribution in [3.8, 4) is 11.3 Å². The van der Waals surface area contributed by atoms with Crippen molar-refractivity contribution in [3.05, 3.63) is 51.4 Å². The molecule has 0 radical (unpaired) electrons. The minimum atomic E-state index is -0.229. The van der Waals surface area contributed by atoms with Crippen molar-refractivity contribution < 1.29 is 9.15 Å². The van der Waals surface area contributed by atoms with E-state index in [0.717, 1.165) is 36.4 Å². The monoisotopic (exact) mass is 367 g/mol. The minimum absolute atomic E-state index is 0.0241. The predicted octanol–water partition coefficient (Wildman–Crippen LogP) is 3.33. The molecule has 1 aliphatic heterocycles. The fraction of sp³-hybridized carbons (Fsp3) is 0.429. The lowest BCUT2D eigenvalue weighted by atomic mass is 9.89. The molecule has 27 heavy (non-hydrogen) atoms. The van der Waals surface area contributed by atoms with Crippen molar-refractivity contribution in [1.82, 2.24) is 9.78 Å². The van der Waals surface area contributed by atoms with Crippen LogP contribution >= 0.6 is 0 Å². The van der Waals surface area contributed by atoms with Crippen LogP contribution < -0.4 is 11.2 Å². The highest BCUT2D eigenvalue weighted by Crippen LogP contribution is 2.32. The highest BCUT2D eigenvalue weighted by atomic mass is 16.5. The second kappa shape index (κ2) is 6.32. The van der Waals surface area contributed by atoms with Gasteiger partial charge in [-0.15, -0.1) is 0 Å². The van der Waals surface area contributed by atoms with Crippen molar-refractivity contribution in [2.45, 2.75) is 40.3 Å². The van der Waals surface area contributed by atoms with E-state index in [2.05, 4.69) is 12.0 Å². The Balaban J connectivity index is 1.84. The standard InChI is InChI=1S/C21H25N3O3/c1-12-5-16(14(3)22)20-17(6-12)18(25)13(2)19(27-20)15-7-23-24(8-15)9-21(4)10-26-11-21/h5-8,14H,9-11,22H2,1-4H3. The van der Waals surface area contributed by atoms with Crippen LogP contribution in [0.5, 0.6) is 0 Å². The van der Waals surface area contributed by atoms with Crippen molar-refractivity contribution in [2.75, 3.05) is 13.2 Å². The lowest BCUT2D eigenvalue weighted by molar-refractivity contribution is -0.111. The zero-order valence-electron chi connectivity index (χ0n) is 16.2. The molecular formula is C21H25N3O3. The first-order chi connectivity index (χ1) is 12.8. The third-order valence-electron chi connectivity index (χ3n) is 5.22. The Bertz CT molecular complexity index is 1070. The van der Waals surface area contributed by atoms with Gasteiger partial charge < -0.3 is 14.9 Å². The summed E-state index contributed by atoms with van der Waals surface area (Å²) >= 11 is 0. The molecule has 142 valence electrons. The maximum absolute atomic E-state index is 13.0.